The van der Waals surface area contributed by atoms with Crippen molar-refractivity contribution in [3.05, 3.63) is 0 Å². The van der Waals surface area contributed by atoms with Crippen molar-refractivity contribution in [3.8, 4) is 0 Å². The molecule has 0 amide bonds. The largest absolute Gasteiger partial charge is 0.481 e. The fourth-order valence-electron chi connectivity index (χ4n) is 10.4. The number of aliphatic carboxylic acids is 1. The molecule has 0 spiro atoms. The van der Waals surface area contributed by atoms with E-state index in [0.717, 1.165) is 76.8 Å². The Morgan fingerprint density at radius 2 is 1.61 bits per heavy atom. The molecule has 0 bridgehead atoms. The molecule has 0 aliphatic heterocycles. The highest BCUT2D eigenvalue weighted by atomic mass is 16.4. The van der Waals surface area contributed by atoms with Gasteiger partial charge >= 0.3 is 5.97 Å². The summed E-state index contributed by atoms with van der Waals surface area (Å²) in [5.41, 5.74) is 5.84. The predicted molar refractivity (Wildman–Crippen MR) is 168 cm³/mol. The van der Waals surface area contributed by atoms with Crippen LogP contribution in [0.2, 0.25) is 0 Å². The zero-order valence-corrected chi connectivity index (χ0v) is 26.6. The third kappa shape index (κ3) is 7.68. The number of carboxylic acids is 1. The standard InChI is InChI=1S/C34H64N4O3/c1-24(8-13-32(40)41)28-11-12-29-27-10-9-25-22-26(14-15-33(25,2)30(27)23-31(39)34(28,29)3)38-21-7-20-37-18-5-4-17-36-19-6-16-35/h24-31,36-39H,4-23,35H2,1-3H3,(H,40,41)/t24?,25-,26-,27?,28-,29?,30?,31+,33+,34-/m1/s1. The minimum Gasteiger partial charge on any atom is -0.481 e. The topological polar surface area (TPSA) is 120 Å². The van der Waals surface area contributed by atoms with Crippen LogP contribution in [0, 0.1) is 46.3 Å². The number of nitrogens with one attached hydrogen (secondary N) is 3. The summed E-state index contributed by atoms with van der Waals surface area (Å²) in [7, 11) is 0. The van der Waals surface area contributed by atoms with Gasteiger partial charge in [-0.3, -0.25) is 4.79 Å². The molecule has 4 aliphatic rings. The number of rotatable bonds is 17. The molecular formula is C34H64N4O3. The Kier molecular flexibility index (Phi) is 12.4. The third-order valence-corrected chi connectivity index (χ3v) is 12.8. The molecule has 0 heterocycles. The van der Waals surface area contributed by atoms with Gasteiger partial charge in [-0.1, -0.05) is 20.8 Å². The summed E-state index contributed by atoms with van der Waals surface area (Å²) in [6.07, 6.45) is 15.3. The van der Waals surface area contributed by atoms with Crippen molar-refractivity contribution in [2.75, 3.05) is 39.3 Å². The van der Waals surface area contributed by atoms with Crippen molar-refractivity contribution < 1.29 is 15.0 Å². The average Bonchev–Trinajstić information content (AvgIpc) is 3.31. The summed E-state index contributed by atoms with van der Waals surface area (Å²) in [6, 6.07) is 0.647. The van der Waals surface area contributed by atoms with Crippen LogP contribution in [-0.4, -0.2) is 67.6 Å². The number of aliphatic hydroxyl groups excluding tert-OH is 1. The van der Waals surface area contributed by atoms with Gasteiger partial charge in [0.15, 0.2) is 0 Å². The molecule has 4 saturated carbocycles. The molecule has 238 valence electrons. The highest BCUT2D eigenvalue weighted by Crippen LogP contribution is 2.68. The van der Waals surface area contributed by atoms with Gasteiger partial charge in [0, 0.05) is 12.5 Å². The molecule has 4 rings (SSSR count). The molecular weight excluding hydrogens is 512 g/mol. The van der Waals surface area contributed by atoms with Crippen LogP contribution in [0.5, 0.6) is 0 Å². The van der Waals surface area contributed by atoms with Crippen LogP contribution in [0.1, 0.15) is 111 Å². The zero-order chi connectivity index (χ0) is 29.5. The second kappa shape index (κ2) is 15.3. The second-order valence-corrected chi connectivity index (χ2v) is 15.0. The lowest BCUT2D eigenvalue weighted by atomic mass is 9.43. The van der Waals surface area contributed by atoms with Gasteiger partial charge in [-0.05, 0) is 169 Å². The summed E-state index contributed by atoms with van der Waals surface area (Å²) < 4.78 is 0. The summed E-state index contributed by atoms with van der Waals surface area (Å²) in [4.78, 5) is 11.2. The summed E-state index contributed by atoms with van der Waals surface area (Å²) >= 11 is 0. The predicted octanol–water partition coefficient (Wildman–Crippen LogP) is 4.77. The highest BCUT2D eigenvalue weighted by molar-refractivity contribution is 5.66. The number of nitrogens with two attached hydrogens (primary N) is 1. The SMILES string of the molecule is CC(CCC(=O)O)[C@H]1CCC2C3CC[C@@H]4C[C@H](NCCCNCCCCNCCCN)CC[C@]4(C)C3C[C@H](O)[C@@]21C. The number of carbonyl (C=O) groups is 1. The first-order valence-electron chi connectivity index (χ1n) is 17.5. The Morgan fingerprint density at radius 1 is 0.902 bits per heavy atom. The normalized spacial score (nSPS) is 39.1. The number of fused-ring (bicyclic) bond motifs is 5. The molecule has 0 saturated heterocycles. The van der Waals surface area contributed by atoms with E-state index in [1.165, 1.54) is 57.8 Å². The van der Waals surface area contributed by atoms with E-state index < -0.39 is 5.97 Å². The molecule has 0 radical (unpaired) electrons. The fraction of sp³-hybridized carbons (Fsp3) is 0.971. The van der Waals surface area contributed by atoms with Crippen molar-refractivity contribution in [1.82, 2.24) is 16.0 Å². The number of unbranched alkanes of at least 4 members (excludes halogenated alkanes) is 1. The van der Waals surface area contributed by atoms with Crippen molar-refractivity contribution in [1.29, 1.82) is 0 Å². The molecule has 4 fully saturated rings. The first kappa shape index (κ1) is 33.2. The van der Waals surface area contributed by atoms with Gasteiger partial charge in [-0.25, -0.2) is 0 Å². The van der Waals surface area contributed by atoms with Gasteiger partial charge in [0.25, 0.3) is 0 Å². The van der Waals surface area contributed by atoms with Gasteiger partial charge in [-0.2, -0.15) is 0 Å². The van der Waals surface area contributed by atoms with Crippen molar-refractivity contribution >= 4 is 5.97 Å². The van der Waals surface area contributed by atoms with Crippen molar-refractivity contribution in [3.63, 3.8) is 0 Å². The third-order valence-electron chi connectivity index (χ3n) is 12.8. The summed E-state index contributed by atoms with van der Waals surface area (Å²) in [5, 5.41) is 32.0. The van der Waals surface area contributed by atoms with Gasteiger partial charge in [0.2, 0.25) is 0 Å². The molecule has 7 nitrogen and oxygen atoms in total. The molecule has 4 aliphatic carbocycles. The maximum absolute atomic E-state index is 11.8. The van der Waals surface area contributed by atoms with Crippen molar-refractivity contribution in [2.45, 2.75) is 123 Å². The van der Waals surface area contributed by atoms with Crippen LogP contribution in [0.15, 0.2) is 0 Å². The van der Waals surface area contributed by atoms with E-state index in [0.29, 0.717) is 35.1 Å². The molecule has 7 N–H and O–H groups in total. The molecule has 41 heavy (non-hydrogen) atoms. The van der Waals surface area contributed by atoms with Gasteiger partial charge < -0.3 is 31.9 Å². The second-order valence-electron chi connectivity index (χ2n) is 15.0. The Balaban J connectivity index is 1.19. The minimum absolute atomic E-state index is 0.0452. The van der Waals surface area contributed by atoms with Crippen LogP contribution >= 0.6 is 0 Å². The Hall–Kier alpha value is -0.730. The van der Waals surface area contributed by atoms with E-state index in [4.69, 9.17) is 5.73 Å². The minimum atomic E-state index is -0.692. The Morgan fingerprint density at radius 3 is 2.32 bits per heavy atom. The summed E-state index contributed by atoms with van der Waals surface area (Å²) in [6.45, 7) is 13.4. The van der Waals surface area contributed by atoms with Gasteiger partial charge in [0.05, 0.1) is 6.10 Å². The van der Waals surface area contributed by atoms with E-state index in [1.807, 2.05) is 0 Å². The lowest BCUT2D eigenvalue weighted by molar-refractivity contribution is -0.170. The van der Waals surface area contributed by atoms with Crippen LogP contribution in [0.4, 0.5) is 0 Å². The van der Waals surface area contributed by atoms with E-state index in [1.54, 1.807) is 0 Å². The number of carboxylic acid groups (broad SMARTS) is 1. The monoisotopic (exact) mass is 576 g/mol. The lowest BCUT2D eigenvalue weighted by Crippen LogP contribution is -2.59. The molecule has 0 aromatic heterocycles. The van der Waals surface area contributed by atoms with Gasteiger partial charge in [0.1, 0.15) is 0 Å². The van der Waals surface area contributed by atoms with Crippen LogP contribution in [-0.2, 0) is 4.79 Å². The Bertz CT molecular complexity index is 813. The number of hydrogen-bond acceptors (Lipinski definition) is 6. The average molecular weight is 577 g/mol. The van der Waals surface area contributed by atoms with E-state index in [9.17, 15) is 15.0 Å². The molecule has 0 aromatic rings. The molecule has 7 heteroatoms. The maximum Gasteiger partial charge on any atom is 0.303 e. The maximum atomic E-state index is 11.8. The molecule has 4 unspecified atom stereocenters. The van der Waals surface area contributed by atoms with E-state index in [2.05, 4.69) is 36.7 Å². The fourth-order valence-corrected chi connectivity index (χ4v) is 10.4. The Labute approximate surface area is 250 Å². The smallest absolute Gasteiger partial charge is 0.303 e. The first-order chi connectivity index (χ1) is 19.7. The lowest BCUT2D eigenvalue weighted by Gasteiger charge is -2.62. The summed E-state index contributed by atoms with van der Waals surface area (Å²) in [5.74, 6) is 2.87. The number of aliphatic hydroxyl groups is 1. The van der Waals surface area contributed by atoms with Crippen LogP contribution in [0.3, 0.4) is 0 Å². The first-order valence-corrected chi connectivity index (χ1v) is 17.5. The van der Waals surface area contributed by atoms with Crippen molar-refractivity contribution in [2.24, 2.45) is 52.1 Å². The molecule has 0 aromatic carbocycles. The van der Waals surface area contributed by atoms with E-state index in [-0.39, 0.29) is 17.9 Å². The van der Waals surface area contributed by atoms with Gasteiger partial charge in [-0.15, -0.1) is 0 Å². The van der Waals surface area contributed by atoms with Crippen LogP contribution in [0.25, 0.3) is 0 Å². The van der Waals surface area contributed by atoms with Crippen LogP contribution < -0.4 is 21.7 Å². The molecule has 10 atom stereocenters. The zero-order valence-electron chi connectivity index (χ0n) is 26.6. The van der Waals surface area contributed by atoms with E-state index >= 15 is 0 Å². The highest BCUT2D eigenvalue weighted by Gasteiger charge is 2.63. The number of hydrogen-bond donors (Lipinski definition) is 6. The quantitative estimate of drug-likeness (QED) is 0.138.